The molecule has 0 atom stereocenters. The molecular formula is C16H23BrN4O9S. The monoisotopic (exact) mass is 526 g/mol. The van der Waals surface area contributed by atoms with Crippen molar-refractivity contribution < 1.29 is 32.3 Å². The number of non-ortho nitro benzene ring substituents is 1. The van der Waals surface area contributed by atoms with Gasteiger partial charge in [-0.2, -0.15) is 8.42 Å². The van der Waals surface area contributed by atoms with E-state index < -0.39 is 37.2 Å². The number of aliphatic hydroxyl groups is 1. The van der Waals surface area contributed by atoms with Gasteiger partial charge in [0, 0.05) is 44.7 Å². The third-order valence-electron chi connectivity index (χ3n) is 4.04. The van der Waals surface area contributed by atoms with Crippen LogP contribution in [0.4, 0.5) is 17.1 Å². The highest BCUT2D eigenvalue weighted by Crippen LogP contribution is 2.37. The average molecular weight is 527 g/mol. The van der Waals surface area contributed by atoms with Gasteiger partial charge < -0.3 is 14.9 Å². The summed E-state index contributed by atoms with van der Waals surface area (Å²) in [4.78, 5) is 36.9. The predicted molar refractivity (Wildman–Crippen MR) is 115 cm³/mol. The molecule has 0 spiro atoms. The Labute approximate surface area is 187 Å². The number of benzene rings is 1. The highest BCUT2D eigenvalue weighted by Gasteiger charge is 2.32. The van der Waals surface area contributed by atoms with Crippen molar-refractivity contribution in [2.75, 3.05) is 56.4 Å². The second kappa shape index (κ2) is 11.9. The van der Waals surface area contributed by atoms with Gasteiger partial charge in [0.2, 0.25) is 0 Å². The van der Waals surface area contributed by atoms with Crippen molar-refractivity contribution in [1.29, 1.82) is 0 Å². The SMILES string of the molecule is CN(CCCO)C(=O)c1cc([N+](=O)[O-])cc([N+](=O)[O-])c1N(CCBr)CCOS(C)(=O)=O. The fourth-order valence-electron chi connectivity index (χ4n) is 2.70. The number of anilines is 1. The molecule has 13 nitrogen and oxygen atoms in total. The molecule has 1 aromatic rings. The third-order valence-corrected chi connectivity index (χ3v) is 4.99. The van der Waals surface area contributed by atoms with E-state index >= 15 is 0 Å². The number of hydrogen-bond acceptors (Lipinski definition) is 10. The van der Waals surface area contributed by atoms with Crippen LogP contribution in [0.15, 0.2) is 12.1 Å². The van der Waals surface area contributed by atoms with Gasteiger partial charge in [0.05, 0.1) is 34.3 Å². The van der Waals surface area contributed by atoms with E-state index in [0.29, 0.717) is 5.33 Å². The lowest BCUT2D eigenvalue weighted by molar-refractivity contribution is -0.393. The number of rotatable bonds is 13. The molecule has 0 radical (unpaired) electrons. The Kier molecular flexibility index (Phi) is 10.2. The summed E-state index contributed by atoms with van der Waals surface area (Å²) in [5.74, 6) is -0.723. The average Bonchev–Trinajstić information content (AvgIpc) is 2.68. The molecule has 0 saturated heterocycles. The number of alkyl halides is 1. The van der Waals surface area contributed by atoms with Crippen molar-refractivity contribution in [1.82, 2.24) is 4.90 Å². The predicted octanol–water partition coefficient (Wildman–Crippen LogP) is 1.13. The molecule has 1 rings (SSSR count). The lowest BCUT2D eigenvalue weighted by Gasteiger charge is -2.27. The molecule has 0 unspecified atom stereocenters. The molecule has 0 aliphatic heterocycles. The van der Waals surface area contributed by atoms with Crippen molar-refractivity contribution in [3.63, 3.8) is 0 Å². The van der Waals surface area contributed by atoms with Gasteiger partial charge in [0.1, 0.15) is 5.69 Å². The molecule has 0 aliphatic rings. The first-order valence-corrected chi connectivity index (χ1v) is 11.8. The van der Waals surface area contributed by atoms with Crippen molar-refractivity contribution in [2.24, 2.45) is 0 Å². The standard InChI is InChI=1S/C16H23BrN4O9S/c1-18(5-3-8-22)16(23)13-10-12(20(24)25)11-14(21(26)27)15(13)19(6-4-17)7-9-30-31(2,28)29/h10-11,22H,3-9H2,1-2H3. The number of halogens is 1. The summed E-state index contributed by atoms with van der Waals surface area (Å²) < 4.78 is 27.2. The molecule has 1 amide bonds. The largest absolute Gasteiger partial charge is 0.396 e. The highest BCUT2D eigenvalue weighted by molar-refractivity contribution is 9.09. The number of amides is 1. The van der Waals surface area contributed by atoms with Gasteiger partial charge in [-0.05, 0) is 6.42 Å². The fraction of sp³-hybridized carbons (Fsp3) is 0.562. The first-order valence-electron chi connectivity index (χ1n) is 8.91. The van der Waals surface area contributed by atoms with E-state index in [2.05, 4.69) is 15.9 Å². The zero-order valence-corrected chi connectivity index (χ0v) is 19.3. The quantitative estimate of drug-likeness (QED) is 0.170. The minimum atomic E-state index is -3.77. The van der Waals surface area contributed by atoms with Crippen molar-refractivity contribution in [3.8, 4) is 0 Å². The van der Waals surface area contributed by atoms with Crippen molar-refractivity contribution in [3.05, 3.63) is 37.9 Å². The van der Waals surface area contributed by atoms with E-state index in [1.54, 1.807) is 0 Å². The Balaban J connectivity index is 3.61. The maximum atomic E-state index is 13.0. The zero-order chi connectivity index (χ0) is 23.8. The van der Waals surface area contributed by atoms with Crippen LogP contribution < -0.4 is 4.90 Å². The van der Waals surface area contributed by atoms with E-state index in [1.165, 1.54) is 16.8 Å². The van der Waals surface area contributed by atoms with Crippen LogP contribution in [0, 0.1) is 20.2 Å². The lowest BCUT2D eigenvalue weighted by atomic mass is 10.1. The number of aliphatic hydroxyl groups excluding tert-OH is 1. The van der Waals surface area contributed by atoms with Gasteiger partial charge in [-0.3, -0.25) is 29.2 Å². The molecule has 15 heteroatoms. The van der Waals surface area contributed by atoms with Gasteiger partial charge in [0.25, 0.3) is 27.4 Å². The van der Waals surface area contributed by atoms with Crippen LogP contribution in [0.5, 0.6) is 0 Å². The van der Waals surface area contributed by atoms with Crippen LogP contribution in [0.3, 0.4) is 0 Å². The maximum absolute atomic E-state index is 13.0. The Morgan fingerprint density at radius 3 is 2.32 bits per heavy atom. The molecule has 0 heterocycles. The summed E-state index contributed by atoms with van der Waals surface area (Å²) in [5, 5.41) is 32.3. The Morgan fingerprint density at radius 2 is 1.84 bits per heavy atom. The highest BCUT2D eigenvalue weighted by atomic mass is 79.9. The van der Waals surface area contributed by atoms with Gasteiger partial charge in [0.15, 0.2) is 0 Å². The summed E-state index contributed by atoms with van der Waals surface area (Å²) in [5.41, 5.74) is -1.79. The normalized spacial score (nSPS) is 11.2. The van der Waals surface area contributed by atoms with Gasteiger partial charge in [-0.25, -0.2) is 0 Å². The summed E-state index contributed by atoms with van der Waals surface area (Å²) >= 11 is 3.20. The van der Waals surface area contributed by atoms with Crippen LogP contribution in [-0.4, -0.2) is 85.7 Å². The smallest absolute Gasteiger partial charge is 0.300 e. The summed E-state index contributed by atoms with van der Waals surface area (Å²) in [6.07, 6.45) is 1.09. The molecule has 0 saturated carbocycles. The molecule has 1 aromatic carbocycles. The zero-order valence-electron chi connectivity index (χ0n) is 16.9. The van der Waals surface area contributed by atoms with E-state index in [0.717, 1.165) is 18.4 Å². The summed E-state index contributed by atoms with van der Waals surface area (Å²) in [6.45, 7) is -0.461. The van der Waals surface area contributed by atoms with E-state index in [4.69, 9.17) is 9.29 Å². The molecular weight excluding hydrogens is 504 g/mol. The number of nitro groups is 2. The molecule has 1 N–H and O–H groups in total. The van der Waals surface area contributed by atoms with Crippen LogP contribution >= 0.6 is 15.9 Å². The first kappa shape index (κ1) is 26.7. The second-order valence-corrected chi connectivity index (χ2v) is 8.82. The molecule has 0 fully saturated rings. The van der Waals surface area contributed by atoms with Gasteiger partial charge in [-0.15, -0.1) is 0 Å². The van der Waals surface area contributed by atoms with Gasteiger partial charge >= 0.3 is 0 Å². The number of hydrogen-bond donors (Lipinski definition) is 1. The Hall–Kier alpha value is -2.36. The Morgan fingerprint density at radius 1 is 1.19 bits per heavy atom. The van der Waals surface area contributed by atoms with E-state index in [9.17, 15) is 33.4 Å². The number of nitro benzene ring substituents is 2. The lowest BCUT2D eigenvalue weighted by Crippen LogP contribution is -2.35. The minimum Gasteiger partial charge on any atom is -0.396 e. The number of carbonyl (C=O) groups is 1. The maximum Gasteiger partial charge on any atom is 0.300 e. The van der Waals surface area contributed by atoms with E-state index in [1.807, 2.05) is 0 Å². The fourth-order valence-corrected chi connectivity index (χ4v) is 3.50. The van der Waals surface area contributed by atoms with Crippen LogP contribution in [0.1, 0.15) is 16.8 Å². The number of carbonyl (C=O) groups excluding carboxylic acids is 1. The Bertz CT molecular complexity index is 926. The van der Waals surface area contributed by atoms with E-state index in [-0.39, 0.29) is 50.5 Å². The number of nitrogens with zero attached hydrogens (tertiary/aromatic N) is 4. The second-order valence-electron chi connectivity index (χ2n) is 6.38. The minimum absolute atomic E-state index is 0.112. The van der Waals surface area contributed by atoms with Crippen LogP contribution in [0.25, 0.3) is 0 Å². The summed E-state index contributed by atoms with van der Waals surface area (Å²) in [7, 11) is -2.38. The molecule has 31 heavy (non-hydrogen) atoms. The topological polar surface area (TPSA) is 173 Å². The summed E-state index contributed by atoms with van der Waals surface area (Å²) in [6, 6.07) is 1.69. The molecule has 0 aliphatic carbocycles. The van der Waals surface area contributed by atoms with Crippen LogP contribution in [-0.2, 0) is 14.3 Å². The molecule has 0 aromatic heterocycles. The first-order chi connectivity index (χ1) is 14.4. The molecule has 174 valence electrons. The molecule has 0 bridgehead atoms. The third kappa shape index (κ3) is 8.01. The van der Waals surface area contributed by atoms with Crippen molar-refractivity contribution in [2.45, 2.75) is 6.42 Å². The van der Waals surface area contributed by atoms with Gasteiger partial charge in [-0.1, -0.05) is 15.9 Å². The van der Waals surface area contributed by atoms with Crippen LogP contribution in [0.2, 0.25) is 0 Å². The van der Waals surface area contributed by atoms with Crippen molar-refractivity contribution >= 4 is 49.0 Å².